The second-order valence-corrected chi connectivity index (χ2v) is 3.07. The Morgan fingerprint density at radius 2 is 2.06 bits per heavy atom. The summed E-state index contributed by atoms with van der Waals surface area (Å²) in [5, 5.41) is 8.38. The van der Waals surface area contributed by atoms with Crippen LogP contribution in [-0.2, 0) is 14.4 Å². The number of esters is 1. The molecule has 0 unspecified atom stereocenters. The molecule has 1 aromatic rings. The highest BCUT2D eigenvalue weighted by molar-refractivity contribution is 5.93. The molecule has 0 atom stereocenters. The summed E-state index contributed by atoms with van der Waals surface area (Å²) >= 11 is 0. The van der Waals surface area contributed by atoms with E-state index in [0.29, 0.717) is 0 Å². The fourth-order valence-corrected chi connectivity index (χ4v) is 1.20. The zero-order chi connectivity index (χ0) is 11.8. The Kier molecular flexibility index (Phi) is 5.25. The van der Waals surface area contributed by atoms with Crippen molar-refractivity contribution in [2.75, 3.05) is 13.2 Å². The van der Waals surface area contributed by atoms with Crippen LogP contribution in [0, 0.1) is 0 Å². The highest BCUT2D eigenvalue weighted by Gasteiger charge is 2.10. The van der Waals surface area contributed by atoms with Crippen LogP contribution in [0.4, 0.5) is 0 Å². The number of hydrogen-bond donors (Lipinski definition) is 1. The molecule has 86 valence electrons. The van der Waals surface area contributed by atoms with Crippen molar-refractivity contribution in [2.24, 2.45) is 0 Å². The molecule has 0 radical (unpaired) electrons. The van der Waals surface area contributed by atoms with E-state index in [1.54, 1.807) is 13.0 Å². The Morgan fingerprint density at radius 1 is 1.38 bits per heavy atom. The number of ether oxygens (including phenoxy) is 1. The standard InChI is InChI=1S/C12H14O4/c1-2-15-12(13)11(9-16-14)8-10-6-4-3-5-7-10/h3-8,14H,2,9H2,1H3/b11-8-. The molecular weight excluding hydrogens is 208 g/mol. The molecule has 0 aliphatic heterocycles. The van der Waals surface area contributed by atoms with Crippen LogP contribution < -0.4 is 0 Å². The number of hydrogen-bond acceptors (Lipinski definition) is 4. The molecule has 16 heavy (non-hydrogen) atoms. The predicted molar refractivity (Wildman–Crippen MR) is 59.6 cm³/mol. The van der Waals surface area contributed by atoms with E-state index in [2.05, 4.69) is 4.89 Å². The van der Waals surface area contributed by atoms with Crippen LogP contribution in [0.1, 0.15) is 12.5 Å². The predicted octanol–water partition coefficient (Wildman–Crippen LogP) is 2.12. The molecule has 0 saturated heterocycles. The highest BCUT2D eigenvalue weighted by Crippen LogP contribution is 2.08. The molecule has 0 bridgehead atoms. The van der Waals surface area contributed by atoms with E-state index in [1.165, 1.54) is 0 Å². The lowest BCUT2D eigenvalue weighted by Crippen LogP contribution is -2.11. The first-order valence-corrected chi connectivity index (χ1v) is 4.97. The van der Waals surface area contributed by atoms with Gasteiger partial charge < -0.3 is 4.74 Å². The normalized spacial score (nSPS) is 11.2. The summed E-state index contributed by atoms with van der Waals surface area (Å²) in [6, 6.07) is 9.28. The van der Waals surface area contributed by atoms with Crippen molar-refractivity contribution in [1.82, 2.24) is 0 Å². The van der Waals surface area contributed by atoms with Gasteiger partial charge in [-0.1, -0.05) is 30.3 Å². The van der Waals surface area contributed by atoms with Gasteiger partial charge in [-0.15, -0.1) is 0 Å². The van der Waals surface area contributed by atoms with Crippen LogP contribution in [0.15, 0.2) is 35.9 Å². The van der Waals surface area contributed by atoms with Crippen LogP contribution in [0.2, 0.25) is 0 Å². The molecule has 0 fully saturated rings. The summed E-state index contributed by atoms with van der Waals surface area (Å²) < 4.78 is 4.83. The monoisotopic (exact) mass is 222 g/mol. The lowest BCUT2D eigenvalue weighted by atomic mass is 10.1. The largest absolute Gasteiger partial charge is 0.463 e. The third-order valence-corrected chi connectivity index (χ3v) is 1.90. The molecule has 0 heterocycles. The van der Waals surface area contributed by atoms with E-state index in [-0.39, 0.29) is 18.8 Å². The first-order valence-electron chi connectivity index (χ1n) is 4.97. The Balaban J connectivity index is 2.84. The fraction of sp³-hybridized carbons (Fsp3) is 0.250. The molecule has 0 saturated carbocycles. The van der Waals surface area contributed by atoms with Gasteiger partial charge in [0.05, 0.1) is 12.2 Å². The van der Waals surface area contributed by atoms with Crippen LogP contribution >= 0.6 is 0 Å². The molecule has 1 aromatic carbocycles. The van der Waals surface area contributed by atoms with Gasteiger partial charge in [0.25, 0.3) is 0 Å². The van der Waals surface area contributed by atoms with Gasteiger partial charge >= 0.3 is 5.97 Å². The zero-order valence-electron chi connectivity index (χ0n) is 9.05. The van der Waals surface area contributed by atoms with Gasteiger partial charge in [0.2, 0.25) is 0 Å². The lowest BCUT2D eigenvalue weighted by Gasteiger charge is -2.04. The lowest BCUT2D eigenvalue weighted by molar-refractivity contribution is -0.234. The Labute approximate surface area is 94.0 Å². The maximum absolute atomic E-state index is 11.5. The summed E-state index contributed by atoms with van der Waals surface area (Å²) in [5.41, 5.74) is 1.12. The van der Waals surface area contributed by atoms with Gasteiger partial charge in [0.15, 0.2) is 0 Å². The Hall–Kier alpha value is -1.65. The zero-order valence-corrected chi connectivity index (χ0v) is 9.05. The first kappa shape index (κ1) is 12.4. The topological polar surface area (TPSA) is 55.8 Å². The summed E-state index contributed by atoms with van der Waals surface area (Å²) in [4.78, 5) is 15.4. The minimum atomic E-state index is -0.486. The van der Waals surface area contributed by atoms with Crippen LogP contribution in [0.3, 0.4) is 0 Å². The Bertz CT molecular complexity index is 357. The molecule has 0 spiro atoms. The second kappa shape index (κ2) is 6.76. The molecule has 1 rings (SSSR count). The first-order chi connectivity index (χ1) is 7.77. The quantitative estimate of drug-likeness (QED) is 0.359. The van der Waals surface area contributed by atoms with Crippen LogP contribution in [-0.4, -0.2) is 24.4 Å². The third kappa shape index (κ3) is 3.84. The van der Waals surface area contributed by atoms with Crippen molar-refractivity contribution in [3.8, 4) is 0 Å². The number of carbonyl (C=O) groups excluding carboxylic acids is 1. The maximum Gasteiger partial charge on any atom is 0.336 e. The van der Waals surface area contributed by atoms with Crippen LogP contribution in [0.5, 0.6) is 0 Å². The molecule has 0 aromatic heterocycles. The van der Waals surface area contributed by atoms with E-state index in [4.69, 9.17) is 9.99 Å². The van der Waals surface area contributed by atoms with Crippen molar-refractivity contribution in [3.05, 3.63) is 41.5 Å². The minimum absolute atomic E-state index is 0.187. The summed E-state index contributed by atoms with van der Waals surface area (Å²) in [6.07, 6.45) is 1.62. The van der Waals surface area contributed by atoms with E-state index in [0.717, 1.165) is 5.56 Å². The molecule has 1 N–H and O–H groups in total. The van der Waals surface area contributed by atoms with Crippen molar-refractivity contribution in [3.63, 3.8) is 0 Å². The maximum atomic E-state index is 11.5. The van der Waals surface area contributed by atoms with Crippen molar-refractivity contribution >= 4 is 12.0 Å². The third-order valence-electron chi connectivity index (χ3n) is 1.90. The number of rotatable bonds is 5. The average Bonchev–Trinajstić information content (AvgIpc) is 2.30. The molecule has 0 aliphatic carbocycles. The molecule has 4 heteroatoms. The average molecular weight is 222 g/mol. The summed E-state index contributed by atoms with van der Waals surface area (Å²) in [6.45, 7) is 1.82. The van der Waals surface area contributed by atoms with Crippen molar-refractivity contribution < 1.29 is 19.7 Å². The van der Waals surface area contributed by atoms with Gasteiger partial charge in [-0.05, 0) is 18.6 Å². The fourth-order valence-electron chi connectivity index (χ4n) is 1.20. The van der Waals surface area contributed by atoms with Gasteiger partial charge in [-0.25, -0.2) is 9.68 Å². The summed E-state index contributed by atoms with van der Waals surface area (Å²) in [7, 11) is 0. The van der Waals surface area contributed by atoms with Gasteiger partial charge in [-0.2, -0.15) is 0 Å². The van der Waals surface area contributed by atoms with Crippen molar-refractivity contribution in [1.29, 1.82) is 0 Å². The number of benzene rings is 1. The van der Waals surface area contributed by atoms with Gasteiger partial charge in [0, 0.05) is 0 Å². The summed E-state index contributed by atoms with van der Waals surface area (Å²) in [5.74, 6) is -0.486. The van der Waals surface area contributed by atoms with E-state index < -0.39 is 5.97 Å². The number of carbonyl (C=O) groups is 1. The van der Waals surface area contributed by atoms with E-state index in [1.807, 2.05) is 30.3 Å². The smallest absolute Gasteiger partial charge is 0.336 e. The molecule has 0 amide bonds. The molecule has 4 nitrogen and oxygen atoms in total. The second-order valence-electron chi connectivity index (χ2n) is 3.07. The molecule has 0 aliphatic rings. The SMILES string of the molecule is CCOC(=O)/C(=C\c1ccccc1)COO. The highest BCUT2D eigenvalue weighted by atomic mass is 17.1. The van der Waals surface area contributed by atoms with Crippen molar-refractivity contribution in [2.45, 2.75) is 6.92 Å². The van der Waals surface area contributed by atoms with E-state index >= 15 is 0 Å². The van der Waals surface area contributed by atoms with Gasteiger partial charge in [-0.3, -0.25) is 5.26 Å². The van der Waals surface area contributed by atoms with Crippen LogP contribution in [0.25, 0.3) is 6.08 Å². The minimum Gasteiger partial charge on any atom is -0.463 e. The molecular formula is C12H14O4. The Morgan fingerprint density at radius 3 is 2.62 bits per heavy atom. The van der Waals surface area contributed by atoms with Gasteiger partial charge in [0.1, 0.15) is 6.61 Å². The van der Waals surface area contributed by atoms with E-state index in [9.17, 15) is 4.79 Å².